The smallest absolute Gasteiger partial charge is 0.255 e. The summed E-state index contributed by atoms with van der Waals surface area (Å²) in [5, 5.41) is 4.24. The predicted octanol–water partition coefficient (Wildman–Crippen LogP) is 5.05. The van der Waals surface area contributed by atoms with E-state index in [0.717, 1.165) is 22.0 Å². The van der Waals surface area contributed by atoms with E-state index in [1.807, 2.05) is 42.5 Å². The van der Waals surface area contributed by atoms with Gasteiger partial charge in [0.05, 0.1) is 10.0 Å². The van der Waals surface area contributed by atoms with Crippen molar-refractivity contribution in [3.63, 3.8) is 0 Å². The summed E-state index contributed by atoms with van der Waals surface area (Å²) in [6.07, 6.45) is 1.78. The molecule has 2 heterocycles. The van der Waals surface area contributed by atoms with E-state index in [-0.39, 0.29) is 5.91 Å². The molecule has 7 heteroatoms. The molecular formula is C21H17ClN2O3S. The van der Waals surface area contributed by atoms with Crippen LogP contribution in [-0.2, 0) is 5.75 Å². The number of nitrogens with zero attached hydrogens (tertiary/aromatic N) is 1. The maximum absolute atomic E-state index is 12.7. The zero-order valence-electron chi connectivity index (χ0n) is 14.9. The zero-order valence-corrected chi connectivity index (χ0v) is 16.4. The lowest BCUT2D eigenvalue weighted by Gasteiger charge is -2.20. The molecule has 0 fully saturated rings. The predicted molar refractivity (Wildman–Crippen MR) is 111 cm³/mol. The number of thioether (sulfide) groups is 1. The Hall–Kier alpha value is -2.70. The quantitative estimate of drug-likeness (QED) is 0.594. The number of ether oxygens (including phenoxy) is 2. The number of carbonyl (C=O) groups is 1. The topological polar surface area (TPSA) is 60.5 Å². The molecule has 0 bridgehead atoms. The van der Waals surface area contributed by atoms with Crippen molar-refractivity contribution >= 4 is 35.0 Å². The molecule has 0 radical (unpaired) electrons. The van der Waals surface area contributed by atoms with Gasteiger partial charge >= 0.3 is 0 Å². The van der Waals surface area contributed by atoms with Gasteiger partial charge < -0.3 is 14.8 Å². The van der Waals surface area contributed by atoms with Crippen molar-refractivity contribution in [2.45, 2.75) is 10.8 Å². The van der Waals surface area contributed by atoms with Gasteiger partial charge in [-0.05, 0) is 42.0 Å². The molecule has 1 amide bonds. The van der Waals surface area contributed by atoms with Crippen LogP contribution in [0, 0.1) is 0 Å². The Morgan fingerprint density at radius 1 is 1.11 bits per heavy atom. The van der Waals surface area contributed by atoms with Crippen molar-refractivity contribution in [2.75, 3.05) is 18.5 Å². The van der Waals surface area contributed by atoms with Crippen molar-refractivity contribution < 1.29 is 14.3 Å². The Balaban J connectivity index is 1.45. The molecule has 4 rings (SSSR count). The van der Waals surface area contributed by atoms with Gasteiger partial charge in [0.15, 0.2) is 11.5 Å². The van der Waals surface area contributed by atoms with E-state index < -0.39 is 0 Å². The molecule has 28 heavy (non-hydrogen) atoms. The minimum Gasteiger partial charge on any atom is -0.486 e. The first-order chi connectivity index (χ1) is 13.7. The number of amides is 1. The van der Waals surface area contributed by atoms with Gasteiger partial charge in [0.1, 0.15) is 13.2 Å². The van der Waals surface area contributed by atoms with E-state index >= 15 is 0 Å². The fraction of sp³-hybridized carbons (Fsp3) is 0.143. The third-order valence-corrected chi connectivity index (χ3v) is 5.36. The monoisotopic (exact) mass is 412 g/mol. The molecule has 1 aromatic heterocycles. The largest absolute Gasteiger partial charge is 0.486 e. The molecule has 0 aliphatic carbocycles. The second-order valence-corrected chi connectivity index (χ2v) is 7.50. The summed E-state index contributed by atoms with van der Waals surface area (Å²) in [7, 11) is 0. The summed E-state index contributed by atoms with van der Waals surface area (Å²) < 4.78 is 11.0. The van der Waals surface area contributed by atoms with Crippen molar-refractivity contribution in [1.82, 2.24) is 4.98 Å². The highest BCUT2D eigenvalue weighted by molar-refractivity contribution is 7.98. The molecule has 3 aromatic rings. The third kappa shape index (κ3) is 4.40. The van der Waals surface area contributed by atoms with Crippen molar-refractivity contribution in [1.29, 1.82) is 0 Å². The van der Waals surface area contributed by atoms with E-state index in [1.165, 1.54) is 0 Å². The number of carbonyl (C=O) groups excluding carboxylic acids is 1. The van der Waals surface area contributed by atoms with Crippen molar-refractivity contribution in [3.05, 3.63) is 76.9 Å². The normalized spacial score (nSPS) is 12.5. The van der Waals surface area contributed by atoms with E-state index in [9.17, 15) is 4.79 Å². The first kappa shape index (κ1) is 18.7. The highest BCUT2D eigenvalue weighted by Gasteiger charge is 2.19. The standard InChI is InChI=1S/C21H17ClN2O3S/c22-17-11-15(12-18-20(17)27-9-8-26-18)21(25)24-16-5-3-4-14(10-16)13-28-19-6-1-2-7-23-19/h1-7,10-12H,8-9,13H2,(H,24,25). The highest BCUT2D eigenvalue weighted by Crippen LogP contribution is 2.38. The van der Waals surface area contributed by atoms with Crippen LogP contribution in [0.1, 0.15) is 15.9 Å². The average molecular weight is 413 g/mol. The SMILES string of the molecule is O=C(Nc1cccc(CSc2ccccn2)c1)c1cc(Cl)c2c(c1)OCCO2. The summed E-state index contributed by atoms with van der Waals surface area (Å²) in [5.41, 5.74) is 2.23. The Morgan fingerprint density at radius 2 is 2.00 bits per heavy atom. The van der Waals surface area contributed by atoms with Gasteiger partial charge in [0.2, 0.25) is 0 Å². The Kier molecular flexibility index (Phi) is 5.69. The molecule has 1 aliphatic heterocycles. The van der Waals surface area contributed by atoms with E-state index in [4.69, 9.17) is 21.1 Å². The van der Waals surface area contributed by atoms with Crippen molar-refractivity contribution in [3.8, 4) is 11.5 Å². The maximum Gasteiger partial charge on any atom is 0.255 e. The number of benzene rings is 2. The van der Waals surface area contributed by atoms with Crippen LogP contribution in [0.4, 0.5) is 5.69 Å². The van der Waals surface area contributed by atoms with Gasteiger partial charge in [-0.2, -0.15) is 0 Å². The molecule has 1 aliphatic rings. The average Bonchev–Trinajstić information content (AvgIpc) is 2.73. The minimum atomic E-state index is -0.256. The number of hydrogen-bond acceptors (Lipinski definition) is 5. The maximum atomic E-state index is 12.7. The van der Waals surface area contributed by atoms with Crippen LogP contribution in [0.2, 0.25) is 5.02 Å². The molecule has 0 saturated carbocycles. The molecule has 0 spiro atoms. The minimum absolute atomic E-state index is 0.256. The number of pyridine rings is 1. The lowest BCUT2D eigenvalue weighted by Crippen LogP contribution is -2.17. The molecule has 2 aromatic carbocycles. The Morgan fingerprint density at radius 3 is 2.86 bits per heavy atom. The molecule has 5 nitrogen and oxygen atoms in total. The third-order valence-electron chi connectivity index (χ3n) is 4.07. The number of nitrogens with one attached hydrogen (secondary N) is 1. The van der Waals surface area contributed by atoms with Gasteiger partial charge in [-0.15, -0.1) is 11.8 Å². The second kappa shape index (κ2) is 8.54. The number of rotatable bonds is 5. The summed E-state index contributed by atoms with van der Waals surface area (Å²) in [6.45, 7) is 0.881. The number of aromatic nitrogens is 1. The number of fused-ring (bicyclic) bond motifs is 1. The molecule has 0 atom stereocenters. The number of anilines is 1. The van der Waals surface area contributed by atoms with Crippen LogP contribution in [0.5, 0.6) is 11.5 Å². The Bertz CT molecular complexity index is 998. The van der Waals surface area contributed by atoms with Gasteiger partial charge in [-0.3, -0.25) is 4.79 Å². The first-order valence-electron chi connectivity index (χ1n) is 8.72. The number of halogens is 1. The van der Waals surface area contributed by atoms with Crippen LogP contribution in [-0.4, -0.2) is 24.1 Å². The zero-order chi connectivity index (χ0) is 19.3. The van der Waals surface area contributed by atoms with Crippen LogP contribution < -0.4 is 14.8 Å². The molecule has 142 valence electrons. The van der Waals surface area contributed by atoms with E-state index in [2.05, 4.69) is 10.3 Å². The molecular weight excluding hydrogens is 396 g/mol. The summed E-state index contributed by atoms with van der Waals surface area (Å²) >= 11 is 7.87. The van der Waals surface area contributed by atoms with Crippen LogP contribution in [0.25, 0.3) is 0 Å². The lowest BCUT2D eigenvalue weighted by molar-refractivity contribution is 0.102. The van der Waals surface area contributed by atoms with E-state index in [1.54, 1.807) is 30.1 Å². The van der Waals surface area contributed by atoms with Crippen LogP contribution in [0.15, 0.2) is 65.8 Å². The van der Waals surface area contributed by atoms with Gasteiger partial charge in [0, 0.05) is 23.2 Å². The molecule has 0 unspecified atom stereocenters. The van der Waals surface area contributed by atoms with Gasteiger partial charge in [-0.25, -0.2) is 4.98 Å². The molecule has 1 N–H and O–H groups in total. The summed E-state index contributed by atoms with van der Waals surface area (Å²) in [4.78, 5) is 17.0. The van der Waals surface area contributed by atoms with Crippen molar-refractivity contribution in [2.24, 2.45) is 0 Å². The highest BCUT2D eigenvalue weighted by atomic mass is 35.5. The fourth-order valence-corrected chi connectivity index (χ4v) is 3.84. The second-order valence-electron chi connectivity index (χ2n) is 6.09. The fourth-order valence-electron chi connectivity index (χ4n) is 2.77. The summed E-state index contributed by atoms with van der Waals surface area (Å²) in [6, 6.07) is 16.8. The number of hydrogen-bond donors (Lipinski definition) is 1. The first-order valence-corrected chi connectivity index (χ1v) is 10.1. The van der Waals surface area contributed by atoms with Crippen LogP contribution >= 0.6 is 23.4 Å². The van der Waals surface area contributed by atoms with Gasteiger partial charge in [0.25, 0.3) is 5.91 Å². The molecule has 0 saturated heterocycles. The van der Waals surface area contributed by atoms with Crippen LogP contribution in [0.3, 0.4) is 0 Å². The summed E-state index contributed by atoms with van der Waals surface area (Å²) in [5.74, 6) is 1.48. The van der Waals surface area contributed by atoms with E-state index in [0.29, 0.717) is 35.3 Å². The Labute approximate surface area is 172 Å². The lowest BCUT2D eigenvalue weighted by atomic mass is 10.1. The van der Waals surface area contributed by atoms with Gasteiger partial charge in [-0.1, -0.05) is 29.8 Å².